The number of rotatable bonds is 8. The van der Waals surface area contributed by atoms with Crippen LogP contribution in [-0.2, 0) is 22.8 Å². The molecule has 0 heterocycles. The molecular formula is C10H21ClO5Si. The van der Waals surface area contributed by atoms with Gasteiger partial charge >= 0.3 is 14.8 Å². The smallest absolute Gasteiger partial charge is 0.462 e. The highest BCUT2D eigenvalue weighted by Crippen LogP contribution is 2.14. The zero-order chi connectivity index (χ0) is 12.6. The summed E-state index contributed by atoms with van der Waals surface area (Å²) in [7, 11) is 2.13. The lowest BCUT2D eigenvalue weighted by Gasteiger charge is -2.24. The first kappa shape index (κ1) is 18.9. The highest BCUT2D eigenvalue weighted by molar-refractivity contribution is 6.60. The molecule has 0 amide bonds. The second-order valence-corrected chi connectivity index (χ2v) is 6.41. The van der Waals surface area contributed by atoms with Crippen LogP contribution in [0.25, 0.3) is 0 Å². The van der Waals surface area contributed by atoms with Gasteiger partial charge in [0, 0.05) is 32.9 Å². The first-order valence-corrected chi connectivity index (χ1v) is 6.92. The second kappa shape index (κ2) is 9.61. The van der Waals surface area contributed by atoms with Crippen LogP contribution < -0.4 is 0 Å². The molecule has 7 heteroatoms. The van der Waals surface area contributed by atoms with E-state index in [1.54, 1.807) is 28.3 Å². The van der Waals surface area contributed by atoms with Crippen molar-refractivity contribution in [3.63, 3.8) is 0 Å². The predicted octanol–water partition coefficient (Wildman–Crippen LogP) is 1.80. The maximum Gasteiger partial charge on any atom is 0.500 e. The molecule has 0 bridgehead atoms. The average Bonchev–Trinajstić information content (AvgIpc) is 2.30. The number of esters is 1. The third-order valence-corrected chi connectivity index (χ3v) is 4.97. The number of ether oxygens (including phenoxy) is 1. The average molecular weight is 285 g/mol. The fourth-order valence-electron chi connectivity index (χ4n) is 1.13. The Labute approximate surface area is 110 Å². The van der Waals surface area contributed by atoms with Gasteiger partial charge in [0.1, 0.15) is 0 Å². The molecule has 17 heavy (non-hydrogen) atoms. The zero-order valence-corrected chi connectivity index (χ0v) is 12.6. The normalized spacial score (nSPS) is 10.6. The van der Waals surface area contributed by atoms with Crippen molar-refractivity contribution in [2.75, 3.05) is 27.9 Å². The molecule has 0 unspecified atom stereocenters. The van der Waals surface area contributed by atoms with Crippen LogP contribution in [-0.4, -0.2) is 42.7 Å². The van der Waals surface area contributed by atoms with Gasteiger partial charge in [0.15, 0.2) is 0 Å². The molecule has 0 spiro atoms. The topological polar surface area (TPSA) is 54.0 Å². The van der Waals surface area contributed by atoms with Gasteiger partial charge < -0.3 is 18.0 Å². The van der Waals surface area contributed by atoms with E-state index in [9.17, 15) is 4.79 Å². The quantitative estimate of drug-likeness (QED) is 0.294. The van der Waals surface area contributed by atoms with E-state index in [2.05, 4.69) is 6.58 Å². The number of carbonyl (C=O) groups excluding carboxylic acids is 1. The van der Waals surface area contributed by atoms with Gasteiger partial charge in [-0.2, -0.15) is 0 Å². The monoisotopic (exact) mass is 284 g/mol. The van der Waals surface area contributed by atoms with Crippen molar-refractivity contribution in [2.24, 2.45) is 0 Å². The van der Waals surface area contributed by atoms with Gasteiger partial charge in [-0.05, 0) is 13.3 Å². The fraction of sp³-hybridized carbons (Fsp3) is 0.700. The minimum Gasteiger partial charge on any atom is -0.462 e. The van der Waals surface area contributed by atoms with Crippen molar-refractivity contribution in [2.45, 2.75) is 19.4 Å². The molecule has 0 saturated carbocycles. The Kier molecular flexibility index (Phi) is 10.7. The molecule has 0 aliphatic rings. The largest absolute Gasteiger partial charge is 0.500 e. The van der Waals surface area contributed by atoms with E-state index < -0.39 is 8.80 Å². The molecule has 0 rings (SSSR count). The van der Waals surface area contributed by atoms with Gasteiger partial charge in [-0.15, -0.1) is 12.4 Å². The third-order valence-electron chi connectivity index (χ3n) is 2.14. The van der Waals surface area contributed by atoms with Crippen molar-refractivity contribution in [3.8, 4) is 0 Å². The molecule has 0 aliphatic heterocycles. The summed E-state index contributed by atoms with van der Waals surface area (Å²) < 4.78 is 20.6. The maximum atomic E-state index is 11.1. The van der Waals surface area contributed by atoms with Crippen LogP contribution in [0.1, 0.15) is 13.3 Å². The standard InChI is InChI=1S/C10H20O5Si.ClH/c1-9(2)10(11)15-7-6-8-16(12-3,13-4)14-5;/h1,6-8H2,2-5H3;1H. The van der Waals surface area contributed by atoms with Gasteiger partial charge in [0.05, 0.1) is 6.61 Å². The predicted molar refractivity (Wildman–Crippen MR) is 69.2 cm³/mol. The summed E-state index contributed by atoms with van der Waals surface area (Å²) in [6, 6.07) is 0.611. The number of halogens is 1. The van der Waals surface area contributed by atoms with Crippen molar-refractivity contribution in [3.05, 3.63) is 12.2 Å². The second-order valence-electron chi connectivity index (χ2n) is 3.32. The summed E-state index contributed by atoms with van der Waals surface area (Å²) in [4.78, 5) is 11.1. The van der Waals surface area contributed by atoms with Crippen LogP contribution in [0.3, 0.4) is 0 Å². The Balaban J connectivity index is 0. The minimum absolute atomic E-state index is 0. The molecule has 0 fully saturated rings. The number of hydrogen-bond acceptors (Lipinski definition) is 5. The molecule has 0 N–H and O–H groups in total. The first-order chi connectivity index (χ1) is 7.51. The van der Waals surface area contributed by atoms with Gasteiger partial charge in [-0.25, -0.2) is 4.79 Å². The molecule has 102 valence electrons. The molecule has 0 saturated heterocycles. The summed E-state index contributed by atoms with van der Waals surface area (Å²) >= 11 is 0. The van der Waals surface area contributed by atoms with Crippen LogP contribution in [0.15, 0.2) is 12.2 Å². The molecular weight excluding hydrogens is 264 g/mol. The van der Waals surface area contributed by atoms with Crippen molar-refractivity contribution in [1.82, 2.24) is 0 Å². The Hall–Kier alpha value is -0.403. The van der Waals surface area contributed by atoms with E-state index in [1.807, 2.05) is 0 Å². The van der Waals surface area contributed by atoms with E-state index in [0.717, 1.165) is 0 Å². The molecule has 0 atom stereocenters. The highest BCUT2D eigenvalue weighted by atomic mass is 35.5. The van der Waals surface area contributed by atoms with Gasteiger partial charge in [0.2, 0.25) is 0 Å². The van der Waals surface area contributed by atoms with Gasteiger partial charge in [-0.1, -0.05) is 6.58 Å². The number of hydrogen-bond donors (Lipinski definition) is 0. The Morgan fingerprint density at radius 1 is 1.18 bits per heavy atom. The summed E-state index contributed by atoms with van der Waals surface area (Å²) in [5.74, 6) is -0.375. The van der Waals surface area contributed by atoms with Gasteiger partial charge in [-0.3, -0.25) is 0 Å². The van der Waals surface area contributed by atoms with Crippen LogP contribution in [0, 0.1) is 0 Å². The van der Waals surface area contributed by atoms with E-state index in [1.165, 1.54) is 0 Å². The summed E-state index contributed by atoms with van der Waals surface area (Å²) in [5, 5.41) is 0. The SMILES string of the molecule is C=C(C)C(=O)OCCC[Si](OC)(OC)OC.Cl. The third kappa shape index (κ3) is 6.80. The van der Waals surface area contributed by atoms with E-state index in [-0.39, 0.29) is 18.4 Å². The van der Waals surface area contributed by atoms with Crippen molar-refractivity contribution in [1.29, 1.82) is 0 Å². The molecule has 5 nitrogen and oxygen atoms in total. The lowest BCUT2D eigenvalue weighted by atomic mass is 10.4. The van der Waals surface area contributed by atoms with Crippen LogP contribution >= 0.6 is 12.4 Å². The van der Waals surface area contributed by atoms with E-state index in [0.29, 0.717) is 24.6 Å². The first-order valence-electron chi connectivity index (χ1n) is 4.99. The Bertz CT molecular complexity index is 235. The van der Waals surface area contributed by atoms with Crippen molar-refractivity contribution < 1.29 is 22.8 Å². The summed E-state index contributed by atoms with van der Waals surface area (Å²) in [6.07, 6.45) is 0.640. The summed E-state index contributed by atoms with van der Waals surface area (Å²) in [6.45, 7) is 5.42. The maximum absolute atomic E-state index is 11.1. The minimum atomic E-state index is -2.53. The highest BCUT2D eigenvalue weighted by Gasteiger charge is 2.36. The van der Waals surface area contributed by atoms with Crippen LogP contribution in [0.4, 0.5) is 0 Å². The van der Waals surface area contributed by atoms with E-state index in [4.69, 9.17) is 18.0 Å². The van der Waals surface area contributed by atoms with Gasteiger partial charge in [0.25, 0.3) is 0 Å². The lowest BCUT2D eigenvalue weighted by molar-refractivity contribution is -0.139. The Morgan fingerprint density at radius 2 is 1.65 bits per heavy atom. The van der Waals surface area contributed by atoms with Crippen molar-refractivity contribution >= 4 is 27.2 Å². The fourth-order valence-corrected chi connectivity index (χ4v) is 2.82. The molecule has 0 radical (unpaired) electrons. The van der Waals surface area contributed by atoms with Crippen LogP contribution in [0.2, 0.25) is 6.04 Å². The Morgan fingerprint density at radius 3 is 2.00 bits per heavy atom. The molecule has 0 aromatic carbocycles. The molecule has 0 aliphatic carbocycles. The van der Waals surface area contributed by atoms with E-state index >= 15 is 0 Å². The molecule has 0 aromatic rings. The lowest BCUT2D eigenvalue weighted by Crippen LogP contribution is -2.42. The van der Waals surface area contributed by atoms with Crippen LogP contribution in [0.5, 0.6) is 0 Å². The summed E-state index contributed by atoms with van der Waals surface area (Å²) in [5.41, 5.74) is 0.397. The molecule has 0 aromatic heterocycles. The number of carbonyl (C=O) groups is 1. The zero-order valence-electron chi connectivity index (χ0n) is 10.8.